The van der Waals surface area contributed by atoms with Gasteiger partial charge in [0.05, 0.1) is 23.2 Å². The van der Waals surface area contributed by atoms with E-state index in [1.807, 2.05) is 0 Å². The van der Waals surface area contributed by atoms with Crippen molar-refractivity contribution >= 4 is 17.4 Å². The monoisotopic (exact) mass is 435 g/mol. The maximum Gasteiger partial charge on any atom is 0.419 e. The zero-order valence-corrected chi connectivity index (χ0v) is 15.3. The Morgan fingerprint density at radius 2 is 1.67 bits per heavy atom. The minimum Gasteiger partial charge on any atom is -0.478 e. The van der Waals surface area contributed by atoms with Gasteiger partial charge in [-0.3, -0.25) is 4.79 Å². The van der Waals surface area contributed by atoms with Gasteiger partial charge in [-0.1, -0.05) is 6.07 Å². The summed E-state index contributed by atoms with van der Waals surface area (Å²) in [6.07, 6.45) is -10.1. The van der Waals surface area contributed by atoms with E-state index >= 15 is 0 Å². The van der Waals surface area contributed by atoms with E-state index in [1.54, 1.807) is 0 Å². The number of carbonyl (C=O) groups is 2. The average Bonchev–Trinajstić information content (AvgIpc) is 2.63. The minimum atomic E-state index is -5.12. The van der Waals surface area contributed by atoms with Crippen molar-refractivity contribution in [2.24, 2.45) is 0 Å². The van der Waals surface area contributed by atoms with Crippen LogP contribution >= 0.6 is 0 Å². The first kappa shape index (κ1) is 23.0. The molecule has 0 spiro atoms. The van der Waals surface area contributed by atoms with Crippen LogP contribution in [-0.2, 0) is 17.1 Å². The largest absolute Gasteiger partial charge is 0.478 e. The number of carbonyl (C=O) groups excluding carboxylic acids is 1. The van der Waals surface area contributed by atoms with Gasteiger partial charge in [0.25, 0.3) is 0 Å². The Morgan fingerprint density at radius 3 is 2.20 bits per heavy atom. The number of hydrogen-bond donors (Lipinski definition) is 1. The Morgan fingerprint density at radius 1 is 1.00 bits per heavy atom. The van der Waals surface area contributed by atoms with Gasteiger partial charge in [-0.25, -0.2) is 4.79 Å². The van der Waals surface area contributed by atoms with Crippen LogP contribution in [0.5, 0.6) is 5.75 Å². The lowest BCUT2D eigenvalue weighted by atomic mass is 10.1. The summed E-state index contributed by atoms with van der Waals surface area (Å²) in [7, 11) is 0. The molecule has 30 heavy (non-hydrogen) atoms. The lowest BCUT2D eigenvalue weighted by Gasteiger charge is -2.25. The predicted molar refractivity (Wildman–Crippen MR) is 93.4 cm³/mol. The number of ketones is 1. The Hall–Kier alpha value is -3.24. The van der Waals surface area contributed by atoms with E-state index in [0.717, 1.165) is 4.90 Å². The molecule has 0 atom stereocenters. The van der Waals surface area contributed by atoms with Gasteiger partial charge in [0.15, 0.2) is 6.73 Å². The second kappa shape index (κ2) is 8.64. The fraction of sp³-hybridized carbons (Fsp3) is 0.263. The molecule has 162 valence electrons. The number of rotatable bonds is 7. The third-order valence-corrected chi connectivity index (χ3v) is 3.86. The van der Waals surface area contributed by atoms with Crippen molar-refractivity contribution in [1.82, 2.24) is 0 Å². The van der Waals surface area contributed by atoms with Crippen molar-refractivity contribution in [3.63, 3.8) is 0 Å². The molecule has 2 rings (SSSR count). The van der Waals surface area contributed by atoms with Crippen LogP contribution in [-0.4, -0.2) is 30.1 Å². The standard InChI is InChI=1S/C19H15F6NO4/c1-11(27)9-26(14-4-2-3-12(7-14)17(28)29)10-30-16-6-5-13(18(20,21)22)8-15(16)19(23,24)25/h2-8H,9-10H2,1H3,(H,28,29). The zero-order valence-electron chi connectivity index (χ0n) is 15.3. The predicted octanol–water partition coefficient (Wildman–Crippen LogP) is 4.85. The van der Waals surface area contributed by atoms with Gasteiger partial charge < -0.3 is 14.7 Å². The lowest BCUT2D eigenvalue weighted by Crippen LogP contribution is -2.33. The summed E-state index contributed by atoms with van der Waals surface area (Å²) in [5, 5.41) is 9.06. The summed E-state index contributed by atoms with van der Waals surface area (Å²) in [5.41, 5.74) is -3.08. The molecule has 0 aliphatic heterocycles. The summed E-state index contributed by atoms with van der Waals surface area (Å²) < 4.78 is 83.1. The van der Waals surface area contributed by atoms with E-state index in [0.29, 0.717) is 12.1 Å². The summed E-state index contributed by atoms with van der Waals surface area (Å²) in [6, 6.07) is 6.18. The topological polar surface area (TPSA) is 66.8 Å². The summed E-state index contributed by atoms with van der Waals surface area (Å²) in [4.78, 5) is 23.8. The van der Waals surface area contributed by atoms with E-state index < -0.39 is 47.7 Å². The van der Waals surface area contributed by atoms with Crippen molar-refractivity contribution in [3.8, 4) is 5.75 Å². The maximum atomic E-state index is 13.2. The molecule has 11 heteroatoms. The van der Waals surface area contributed by atoms with Crippen LogP contribution in [0.1, 0.15) is 28.4 Å². The molecular formula is C19H15F6NO4. The number of benzene rings is 2. The molecule has 2 aromatic carbocycles. The van der Waals surface area contributed by atoms with Crippen LogP contribution < -0.4 is 9.64 Å². The number of alkyl halides is 6. The highest BCUT2D eigenvalue weighted by Gasteiger charge is 2.39. The molecular weight excluding hydrogens is 420 g/mol. The molecule has 0 saturated heterocycles. The Bertz CT molecular complexity index is 939. The number of nitrogens with zero attached hydrogens (tertiary/aromatic N) is 1. The smallest absolute Gasteiger partial charge is 0.419 e. The summed E-state index contributed by atoms with van der Waals surface area (Å²) in [6.45, 7) is 0.232. The third kappa shape index (κ3) is 5.88. The quantitative estimate of drug-likeness (QED) is 0.497. The molecule has 1 N–H and O–H groups in total. The van der Waals surface area contributed by atoms with Crippen LogP contribution in [0.15, 0.2) is 42.5 Å². The molecule has 0 bridgehead atoms. The number of Topliss-reactive ketones (excluding diaryl/α,β-unsaturated/α-hetero) is 1. The van der Waals surface area contributed by atoms with Crippen LogP contribution in [0.4, 0.5) is 32.0 Å². The van der Waals surface area contributed by atoms with E-state index in [2.05, 4.69) is 0 Å². The lowest BCUT2D eigenvalue weighted by molar-refractivity contribution is -0.144. The molecule has 5 nitrogen and oxygen atoms in total. The Kier molecular flexibility index (Phi) is 6.63. The normalized spacial score (nSPS) is 11.8. The fourth-order valence-electron chi connectivity index (χ4n) is 2.52. The first-order valence-corrected chi connectivity index (χ1v) is 8.28. The number of aromatic carboxylic acids is 1. The van der Waals surface area contributed by atoms with Gasteiger partial charge in [0.2, 0.25) is 0 Å². The Balaban J connectivity index is 2.36. The molecule has 0 saturated carbocycles. The SMILES string of the molecule is CC(=O)CN(COc1ccc(C(F)(F)F)cc1C(F)(F)F)c1cccc(C(=O)O)c1. The maximum absolute atomic E-state index is 13.2. The van der Waals surface area contributed by atoms with Crippen molar-refractivity contribution in [2.75, 3.05) is 18.2 Å². The molecule has 0 radical (unpaired) electrons. The number of ether oxygens (including phenoxy) is 1. The second-order valence-electron chi connectivity index (χ2n) is 6.24. The minimum absolute atomic E-state index is 0.0598. The number of anilines is 1. The second-order valence-corrected chi connectivity index (χ2v) is 6.24. The van der Waals surface area contributed by atoms with Crippen molar-refractivity contribution < 1.29 is 45.8 Å². The van der Waals surface area contributed by atoms with Crippen molar-refractivity contribution in [3.05, 3.63) is 59.2 Å². The fourth-order valence-corrected chi connectivity index (χ4v) is 2.52. The van der Waals surface area contributed by atoms with Crippen LogP contribution in [0.2, 0.25) is 0 Å². The van der Waals surface area contributed by atoms with Crippen molar-refractivity contribution in [1.29, 1.82) is 0 Å². The number of hydrogen-bond acceptors (Lipinski definition) is 4. The molecule has 0 aromatic heterocycles. The van der Waals surface area contributed by atoms with Crippen LogP contribution in [0, 0.1) is 0 Å². The third-order valence-electron chi connectivity index (χ3n) is 3.86. The van der Waals surface area contributed by atoms with Crippen LogP contribution in [0.25, 0.3) is 0 Å². The van der Waals surface area contributed by atoms with E-state index in [-0.39, 0.29) is 23.9 Å². The van der Waals surface area contributed by atoms with Gasteiger partial charge in [0.1, 0.15) is 11.5 Å². The highest BCUT2D eigenvalue weighted by Crippen LogP contribution is 2.40. The molecule has 2 aromatic rings. The van der Waals surface area contributed by atoms with E-state index in [9.17, 15) is 35.9 Å². The van der Waals surface area contributed by atoms with Crippen LogP contribution in [0.3, 0.4) is 0 Å². The van der Waals surface area contributed by atoms with Gasteiger partial charge in [-0.15, -0.1) is 0 Å². The first-order valence-electron chi connectivity index (χ1n) is 8.28. The van der Waals surface area contributed by atoms with Gasteiger partial charge in [-0.2, -0.15) is 26.3 Å². The van der Waals surface area contributed by atoms with Crippen molar-refractivity contribution in [2.45, 2.75) is 19.3 Å². The van der Waals surface area contributed by atoms with E-state index in [4.69, 9.17) is 9.84 Å². The number of carboxylic acid groups (broad SMARTS) is 1. The van der Waals surface area contributed by atoms with E-state index in [1.165, 1.54) is 31.2 Å². The average molecular weight is 435 g/mol. The number of halogens is 6. The molecule has 0 aliphatic carbocycles. The summed E-state index contributed by atoms with van der Waals surface area (Å²) >= 11 is 0. The zero-order chi connectivity index (χ0) is 22.7. The molecule has 0 unspecified atom stereocenters. The van der Waals surface area contributed by atoms with Gasteiger partial charge >= 0.3 is 18.3 Å². The molecule has 0 fully saturated rings. The first-order chi connectivity index (χ1) is 13.8. The molecule has 0 amide bonds. The Labute approximate surface area is 166 Å². The van der Waals surface area contributed by atoms with Gasteiger partial charge in [-0.05, 0) is 43.3 Å². The number of carboxylic acids is 1. The highest BCUT2D eigenvalue weighted by atomic mass is 19.4. The molecule has 0 aliphatic rings. The summed E-state index contributed by atoms with van der Waals surface area (Å²) in [5.74, 6) is -2.52. The van der Waals surface area contributed by atoms with Gasteiger partial charge in [0, 0.05) is 5.69 Å². The highest BCUT2D eigenvalue weighted by molar-refractivity contribution is 5.89. The molecule has 0 heterocycles.